The first-order valence-corrected chi connectivity index (χ1v) is 7.09. The molecule has 0 bridgehead atoms. The van der Waals surface area contributed by atoms with Gasteiger partial charge in [0.05, 0.1) is 12.0 Å². The normalized spacial score (nSPS) is 13.2. The molecule has 0 unspecified atom stereocenters. The van der Waals surface area contributed by atoms with Crippen molar-refractivity contribution in [2.45, 2.75) is 13.3 Å². The maximum Gasteiger partial charge on any atom is 0.258 e. The first-order valence-electron chi connectivity index (χ1n) is 7.09. The highest BCUT2D eigenvalue weighted by molar-refractivity contribution is 6.06. The van der Waals surface area contributed by atoms with E-state index in [2.05, 4.69) is 5.32 Å². The molecule has 0 radical (unpaired) electrons. The predicted octanol–water partition coefficient (Wildman–Crippen LogP) is 2.99. The van der Waals surface area contributed by atoms with Gasteiger partial charge in [0.2, 0.25) is 5.91 Å². The van der Waals surface area contributed by atoms with Gasteiger partial charge in [0.25, 0.3) is 5.91 Å². The number of carbonyl (C=O) groups is 2. The van der Waals surface area contributed by atoms with Gasteiger partial charge < -0.3 is 10.2 Å². The standard InChI is InChI=1S/C17H15FN2O2/c1-2-20-15-8-7-12(9-11(15)10-16(20)21)19-17(22)13-5-3-4-6-14(13)18/h3-9H,2,10H2,1H3,(H,19,22). The number of hydrogen-bond donors (Lipinski definition) is 1. The Bertz CT molecular complexity index is 758. The van der Waals surface area contributed by atoms with Crippen LogP contribution < -0.4 is 10.2 Å². The van der Waals surface area contributed by atoms with Crippen LogP contribution in [0, 0.1) is 5.82 Å². The second-order valence-corrected chi connectivity index (χ2v) is 5.09. The van der Waals surface area contributed by atoms with Crippen molar-refractivity contribution in [2.24, 2.45) is 0 Å². The fraction of sp³-hybridized carbons (Fsp3) is 0.176. The fourth-order valence-electron chi connectivity index (χ4n) is 2.65. The molecule has 1 aliphatic heterocycles. The zero-order chi connectivity index (χ0) is 15.7. The summed E-state index contributed by atoms with van der Waals surface area (Å²) in [6.07, 6.45) is 0.326. The third-order valence-corrected chi connectivity index (χ3v) is 3.71. The predicted molar refractivity (Wildman–Crippen MR) is 82.5 cm³/mol. The first-order chi connectivity index (χ1) is 10.6. The zero-order valence-electron chi connectivity index (χ0n) is 12.1. The summed E-state index contributed by atoms with van der Waals surface area (Å²) in [5, 5.41) is 2.67. The average Bonchev–Trinajstić information content (AvgIpc) is 2.81. The largest absolute Gasteiger partial charge is 0.322 e. The number of anilines is 2. The third-order valence-electron chi connectivity index (χ3n) is 3.71. The van der Waals surface area contributed by atoms with Gasteiger partial charge >= 0.3 is 0 Å². The van der Waals surface area contributed by atoms with Gasteiger partial charge in [0.1, 0.15) is 5.82 Å². The quantitative estimate of drug-likeness (QED) is 0.947. The summed E-state index contributed by atoms with van der Waals surface area (Å²) < 4.78 is 13.6. The molecule has 0 aliphatic carbocycles. The Balaban J connectivity index is 1.83. The van der Waals surface area contributed by atoms with Gasteiger partial charge in [-0.05, 0) is 42.8 Å². The van der Waals surface area contributed by atoms with E-state index in [4.69, 9.17) is 0 Å². The summed E-state index contributed by atoms with van der Waals surface area (Å²) in [4.78, 5) is 25.6. The van der Waals surface area contributed by atoms with E-state index >= 15 is 0 Å². The molecule has 1 aliphatic rings. The highest BCUT2D eigenvalue weighted by Gasteiger charge is 2.26. The van der Waals surface area contributed by atoms with Crippen molar-refractivity contribution in [3.63, 3.8) is 0 Å². The topological polar surface area (TPSA) is 49.4 Å². The van der Waals surface area contributed by atoms with Gasteiger partial charge in [-0.1, -0.05) is 12.1 Å². The van der Waals surface area contributed by atoms with Crippen molar-refractivity contribution < 1.29 is 14.0 Å². The summed E-state index contributed by atoms with van der Waals surface area (Å²) in [6, 6.07) is 11.1. The number of halogens is 1. The van der Waals surface area contributed by atoms with E-state index in [9.17, 15) is 14.0 Å². The van der Waals surface area contributed by atoms with Crippen molar-refractivity contribution in [3.8, 4) is 0 Å². The van der Waals surface area contributed by atoms with Crippen LogP contribution >= 0.6 is 0 Å². The van der Waals surface area contributed by atoms with Gasteiger partial charge in [0, 0.05) is 17.9 Å². The lowest BCUT2D eigenvalue weighted by atomic mass is 10.1. The van der Waals surface area contributed by atoms with Crippen LogP contribution in [0.5, 0.6) is 0 Å². The molecule has 1 heterocycles. The summed E-state index contributed by atoms with van der Waals surface area (Å²) in [6.45, 7) is 2.54. The van der Waals surface area contributed by atoms with Crippen LogP contribution in [-0.4, -0.2) is 18.4 Å². The number of carbonyl (C=O) groups excluding carboxylic acids is 2. The zero-order valence-corrected chi connectivity index (χ0v) is 12.1. The Hall–Kier alpha value is -2.69. The molecule has 0 saturated heterocycles. The molecule has 1 N–H and O–H groups in total. The van der Waals surface area contributed by atoms with E-state index in [1.165, 1.54) is 18.2 Å². The Morgan fingerprint density at radius 1 is 1.27 bits per heavy atom. The monoisotopic (exact) mass is 298 g/mol. The molecular weight excluding hydrogens is 283 g/mol. The summed E-state index contributed by atoms with van der Waals surface area (Å²) in [7, 11) is 0. The number of nitrogens with zero attached hydrogens (tertiary/aromatic N) is 1. The molecule has 0 atom stereocenters. The lowest BCUT2D eigenvalue weighted by Gasteiger charge is -2.15. The van der Waals surface area contributed by atoms with Gasteiger partial charge in [0.15, 0.2) is 0 Å². The van der Waals surface area contributed by atoms with E-state index in [0.29, 0.717) is 18.7 Å². The van der Waals surface area contributed by atoms with Crippen LogP contribution in [0.15, 0.2) is 42.5 Å². The molecule has 0 saturated carbocycles. The van der Waals surface area contributed by atoms with Gasteiger partial charge in [-0.3, -0.25) is 9.59 Å². The summed E-state index contributed by atoms with van der Waals surface area (Å²) in [5.41, 5.74) is 2.29. The highest BCUT2D eigenvalue weighted by atomic mass is 19.1. The molecule has 0 aromatic heterocycles. The smallest absolute Gasteiger partial charge is 0.258 e. The first kappa shape index (κ1) is 14.3. The van der Waals surface area contributed by atoms with Crippen molar-refractivity contribution in [2.75, 3.05) is 16.8 Å². The molecular formula is C17H15FN2O2. The molecule has 5 heteroatoms. The average molecular weight is 298 g/mol. The minimum absolute atomic E-state index is 0.00532. The van der Waals surface area contributed by atoms with E-state index in [-0.39, 0.29) is 11.5 Å². The van der Waals surface area contributed by atoms with Crippen molar-refractivity contribution in [1.29, 1.82) is 0 Å². The Morgan fingerprint density at radius 2 is 2.05 bits per heavy atom. The van der Waals surface area contributed by atoms with Crippen molar-refractivity contribution in [1.82, 2.24) is 0 Å². The van der Waals surface area contributed by atoms with Crippen LogP contribution in [0.1, 0.15) is 22.8 Å². The van der Waals surface area contributed by atoms with Crippen molar-refractivity contribution >= 4 is 23.2 Å². The number of nitrogens with one attached hydrogen (secondary N) is 1. The van der Waals surface area contributed by atoms with Crippen LogP contribution in [0.4, 0.5) is 15.8 Å². The van der Waals surface area contributed by atoms with Gasteiger partial charge in [-0.25, -0.2) is 4.39 Å². The number of rotatable bonds is 3. The maximum atomic E-state index is 13.6. The second kappa shape index (κ2) is 5.60. The number of benzene rings is 2. The van der Waals surface area contributed by atoms with Crippen LogP contribution in [-0.2, 0) is 11.2 Å². The molecule has 2 amide bonds. The summed E-state index contributed by atoms with van der Waals surface area (Å²) in [5.74, 6) is -1.02. The number of amides is 2. The Labute approximate surface area is 127 Å². The number of hydrogen-bond acceptors (Lipinski definition) is 2. The molecule has 2 aromatic carbocycles. The fourth-order valence-corrected chi connectivity index (χ4v) is 2.65. The third kappa shape index (κ3) is 2.45. The van der Waals surface area contributed by atoms with Gasteiger partial charge in [-0.15, -0.1) is 0 Å². The minimum Gasteiger partial charge on any atom is -0.322 e. The molecule has 112 valence electrons. The van der Waals surface area contributed by atoms with Crippen molar-refractivity contribution in [3.05, 3.63) is 59.4 Å². The molecule has 2 aromatic rings. The van der Waals surface area contributed by atoms with Crippen LogP contribution in [0.2, 0.25) is 0 Å². The van der Waals surface area contributed by atoms with Crippen LogP contribution in [0.3, 0.4) is 0 Å². The SMILES string of the molecule is CCN1C(=O)Cc2cc(NC(=O)c3ccccc3F)ccc21. The van der Waals surface area contributed by atoms with E-state index in [1.807, 2.05) is 6.92 Å². The number of fused-ring (bicyclic) bond motifs is 1. The molecule has 3 rings (SSSR count). The number of likely N-dealkylation sites (N-methyl/N-ethyl adjacent to an activating group) is 1. The lowest BCUT2D eigenvalue weighted by molar-refractivity contribution is -0.117. The minimum atomic E-state index is -0.562. The van der Waals surface area contributed by atoms with E-state index in [1.54, 1.807) is 29.2 Å². The van der Waals surface area contributed by atoms with Gasteiger partial charge in [-0.2, -0.15) is 0 Å². The molecule has 22 heavy (non-hydrogen) atoms. The van der Waals surface area contributed by atoms with E-state index < -0.39 is 11.7 Å². The highest BCUT2D eigenvalue weighted by Crippen LogP contribution is 2.31. The lowest BCUT2D eigenvalue weighted by Crippen LogP contribution is -2.25. The maximum absolute atomic E-state index is 13.6. The van der Waals surface area contributed by atoms with Crippen LogP contribution in [0.25, 0.3) is 0 Å². The Kier molecular flexibility index (Phi) is 3.63. The molecule has 0 spiro atoms. The molecule has 0 fully saturated rings. The Morgan fingerprint density at radius 3 is 2.77 bits per heavy atom. The molecule has 4 nitrogen and oxygen atoms in total. The second-order valence-electron chi connectivity index (χ2n) is 5.09. The van der Waals surface area contributed by atoms with E-state index in [0.717, 1.165) is 11.3 Å². The summed E-state index contributed by atoms with van der Waals surface area (Å²) >= 11 is 0.